The second-order valence-electron chi connectivity index (χ2n) is 4.13. The Morgan fingerprint density at radius 2 is 2.00 bits per heavy atom. The van der Waals surface area contributed by atoms with Gasteiger partial charge in [-0.1, -0.05) is 23.7 Å². The quantitative estimate of drug-likeness (QED) is 0.778. The van der Waals surface area contributed by atoms with Crippen LogP contribution in [0.15, 0.2) is 24.4 Å². The van der Waals surface area contributed by atoms with E-state index in [-0.39, 0.29) is 0 Å². The van der Waals surface area contributed by atoms with Crippen molar-refractivity contribution in [1.29, 1.82) is 0 Å². The van der Waals surface area contributed by atoms with Gasteiger partial charge >= 0.3 is 0 Å². The Bertz CT molecular complexity index is 495. The summed E-state index contributed by atoms with van der Waals surface area (Å²) in [6.07, 6.45) is 1.89. The molecule has 0 saturated heterocycles. The number of halogens is 1. The number of aryl methyl sites for hydroxylation is 3. The summed E-state index contributed by atoms with van der Waals surface area (Å²) < 4.78 is 2.16. The average Bonchev–Trinajstić information content (AvgIpc) is 2.53. The Hall–Kier alpha value is -1.28. The fourth-order valence-corrected chi connectivity index (χ4v) is 2.07. The first-order chi connectivity index (χ1) is 7.58. The summed E-state index contributed by atoms with van der Waals surface area (Å²) >= 11 is 6.22. The Morgan fingerprint density at radius 3 is 2.56 bits per heavy atom. The fraction of sp³-hybridized carbons (Fsp3) is 0.308. The molecule has 0 amide bonds. The first kappa shape index (κ1) is 11.2. The molecule has 0 aliphatic carbocycles. The second-order valence-corrected chi connectivity index (χ2v) is 4.54. The van der Waals surface area contributed by atoms with Crippen LogP contribution in [0.25, 0.3) is 0 Å². The lowest BCUT2D eigenvalue weighted by Crippen LogP contribution is -2.04. The minimum Gasteiger partial charge on any atom is -0.328 e. The van der Waals surface area contributed by atoms with E-state index >= 15 is 0 Å². The summed E-state index contributed by atoms with van der Waals surface area (Å²) in [7, 11) is 0. The molecule has 1 aromatic heterocycles. The number of nitrogens with zero attached hydrogens (tertiary/aromatic N) is 2. The van der Waals surface area contributed by atoms with Gasteiger partial charge in [0.05, 0.1) is 6.54 Å². The highest BCUT2D eigenvalue weighted by atomic mass is 35.5. The molecule has 0 atom stereocenters. The van der Waals surface area contributed by atoms with Crippen molar-refractivity contribution < 1.29 is 0 Å². The van der Waals surface area contributed by atoms with E-state index in [4.69, 9.17) is 11.6 Å². The zero-order valence-corrected chi connectivity index (χ0v) is 10.5. The third-order valence-electron chi connectivity index (χ3n) is 2.79. The molecule has 0 N–H and O–H groups in total. The van der Waals surface area contributed by atoms with Gasteiger partial charge < -0.3 is 4.57 Å². The number of hydrogen-bond donors (Lipinski definition) is 0. The fourth-order valence-electron chi connectivity index (χ4n) is 1.77. The lowest BCUT2D eigenvalue weighted by molar-refractivity contribution is 0.738. The predicted octanol–water partition coefficient (Wildman–Crippen LogP) is 3.51. The molecule has 0 bridgehead atoms. The zero-order valence-electron chi connectivity index (χ0n) is 9.79. The van der Waals surface area contributed by atoms with Crippen molar-refractivity contribution in [3.63, 3.8) is 0 Å². The SMILES string of the molecule is Cc1ccc(Cn2c(C)cnc2C)c(Cl)c1. The molecule has 2 nitrogen and oxygen atoms in total. The van der Waals surface area contributed by atoms with Crippen molar-refractivity contribution in [2.75, 3.05) is 0 Å². The van der Waals surface area contributed by atoms with Crippen LogP contribution in [0, 0.1) is 20.8 Å². The van der Waals surface area contributed by atoms with Crippen molar-refractivity contribution in [3.05, 3.63) is 52.1 Å². The van der Waals surface area contributed by atoms with Crippen LogP contribution in [0.1, 0.15) is 22.6 Å². The normalized spacial score (nSPS) is 10.8. The van der Waals surface area contributed by atoms with Gasteiger partial charge in [-0.25, -0.2) is 4.98 Å². The van der Waals surface area contributed by atoms with Gasteiger partial charge in [-0.3, -0.25) is 0 Å². The number of hydrogen-bond acceptors (Lipinski definition) is 1. The van der Waals surface area contributed by atoms with Crippen LogP contribution in [0.3, 0.4) is 0 Å². The van der Waals surface area contributed by atoms with Gasteiger partial charge in [-0.2, -0.15) is 0 Å². The van der Waals surface area contributed by atoms with Crippen LogP contribution in [-0.4, -0.2) is 9.55 Å². The second kappa shape index (κ2) is 4.30. The number of aromatic nitrogens is 2. The lowest BCUT2D eigenvalue weighted by atomic mass is 10.1. The Kier molecular flexibility index (Phi) is 3.01. The van der Waals surface area contributed by atoms with E-state index in [2.05, 4.69) is 28.6 Å². The monoisotopic (exact) mass is 234 g/mol. The molecule has 0 radical (unpaired) electrons. The van der Waals surface area contributed by atoms with Crippen molar-refractivity contribution in [3.8, 4) is 0 Å². The molecule has 1 aromatic carbocycles. The van der Waals surface area contributed by atoms with Gasteiger partial charge in [0, 0.05) is 16.9 Å². The summed E-state index contributed by atoms with van der Waals surface area (Å²) in [4.78, 5) is 4.28. The van der Waals surface area contributed by atoms with Crippen LogP contribution in [0.4, 0.5) is 0 Å². The van der Waals surface area contributed by atoms with Crippen molar-refractivity contribution >= 4 is 11.6 Å². The topological polar surface area (TPSA) is 17.8 Å². The molecule has 3 heteroatoms. The molecule has 0 fully saturated rings. The van der Waals surface area contributed by atoms with E-state index in [0.29, 0.717) is 0 Å². The Labute approximate surface area is 101 Å². The summed E-state index contributed by atoms with van der Waals surface area (Å²) in [6, 6.07) is 6.16. The van der Waals surface area contributed by atoms with Crippen LogP contribution < -0.4 is 0 Å². The first-order valence-corrected chi connectivity index (χ1v) is 5.69. The molecule has 2 rings (SSSR count). The highest BCUT2D eigenvalue weighted by Crippen LogP contribution is 2.19. The minimum atomic E-state index is 0.788. The lowest BCUT2D eigenvalue weighted by Gasteiger charge is -2.10. The molecule has 1 heterocycles. The van der Waals surface area contributed by atoms with Gasteiger partial charge in [0.25, 0.3) is 0 Å². The highest BCUT2D eigenvalue weighted by Gasteiger charge is 2.06. The third kappa shape index (κ3) is 2.12. The van der Waals surface area contributed by atoms with Crippen LogP contribution >= 0.6 is 11.6 Å². The van der Waals surface area contributed by atoms with E-state index in [0.717, 1.165) is 28.6 Å². The molecule has 0 saturated carbocycles. The van der Waals surface area contributed by atoms with Crippen molar-refractivity contribution in [2.45, 2.75) is 27.3 Å². The molecule has 0 aliphatic heterocycles. The van der Waals surface area contributed by atoms with Crippen molar-refractivity contribution in [1.82, 2.24) is 9.55 Å². The van der Waals surface area contributed by atoms with Crippen LogP contribution in [0.5, 0.6) is 0 Å². The van der Waals surface area contributed by atoms with Gasteiger partial charge in [-0.15, -0.1) is 0 Å². The number of benzene rings is 1. The summed E-state index contributed by atoms with van der Waals surface area (Å²) in [5, 5.41) is 0.826. The van der Waals surface area contributed by atoms with E-state index in [9.17, 15) is 0 Å². The maximum atomic E-state index is 6.22. The summed E-state index contributed by atoms with van der Waals surface area (Å²) in [5.41, 5.74) is 3.48. The average molecular weight is 235 g/mol. The maximum absolute atomic E-state index is 6.22. The van der Waals surface area contributed by atoms with E-state index < -0.39 is 0 Å². The zero-order chi connectivity index (χ0) is 11.7. The van der Waals surface area contributed by atoms with E-state index in [1.807, 2.05) is 26.1 Å². The molecule has 2 aromatic rings. The van der Waals surface area contributed by atoms with Crippen LogP contribution in [-0.2, 0) is 6.54 Å². The minimum absolute atomic E-state index is 0.788. The first-order valence-electron chi connectivity index (χ1n) is 5.31. The molecule has 84 valence electrons. The molecular weight excluding hydrogens is 220 g/mol. The summed E-state index contributed by atoms with van der Waals surface area (Å²) in [6.45, 7) is 6.90. The molecule has 16 heavy (non-hydrogen) atoms. The van der Waals surface area contributed by atoms with E-state index in [1.165, 1.54) is 5.56 Å². The highest BCUT2D eigenvalue weighted by molar-refractivity contribution is 6.31. The van der Waals surface area contributed by atoms with Gasteiger partial charge in [0.15, 0.2) is 0 Å². The predicted molar refractivity (Wildman–Crippen MR) is 67.0 cm³/mol. The third-order valence-corrected chi connectivity index (χ3v) is 3.14. The summed E-state index contributed by atoms with van der Waals surface area (Å²) in [5.74, 6) is 1.02. The molecule has 0 aliphatic rings. The standard InChI is InChI=1S/C13H15ClN2/c1-9-4-5-12(13(14)6-9)8-16-10(2)7-15-11(16)3/h4-7H,8H2,1-3H3. The molecular formula is C13H15ClN2. The Morgan fingerprint density at radius 1 is 1.25 bits per heavy atom. The number of rotatable bonds is 2. The largest absolute Gasteiger partial charge is 0.328 e. The molecule has 0 unspecified atom stereocenters. The number of imidazole rings is 1. The van der Waals surface area contributed by atoms with Gasteiger partial charge in [0.2, 0.25) is 0 Å². The maximum Gasteiger partial charge on any atom is 0.106 e. The van der Waals surface area contributed by atoms with Crippen LogP contribution in [0.2, 0.25) is 5.02 Å². The van der Waals surface area contributed by atoms with Gasteiger partial charge in [-0.05, 0) is 38.0 Å². The smallest absolute Gasteiger partial charge is 0.106 e. The molecule has 0 spiro atoms. The van der Waals surface area contributed by atoms with Gasteiger partial charge in [0.1, 0.15) is 5.82 Å². The Balaban J connectivity index is 2.34. The van der Waals surface area contributed by atoms with E-state index in [1.54, 1.807) is 0 Å². The van der Waals surface area contributed by atoms with Crippen molar-refractivity contribution in [2.24, 2.45) is 0 Å².